The monoisotopic (exact) mass is 141 g/mol. The highest BCUT2D eigenvalue weighted by molar-refractivity contribution is 6.05. The Kier molecular flexibility index (Phi) is 1.50. The number of nitrogens with two attached hydrogens (primary N) is 1. The molecule has 3 heteroatoms. The molecule has 56 valence electrons. The van der Waals surface area contributed by atoms with Crippen LogP contribution < -0.4 is 5.73 Å². The van der Waals surface area contributed by atoms with Crippen molar-refractivity contribution in [2.75, 3.05) is 0 Å². The molecule has 0 heterocycles. The molecule has 1 aliphatic rings. The minimum Gasteiger partial charge on any atom is -0.369 e. The first-order valence-electron chi connectivity index (χ1n) is 3.40. The smallest absolute Gasteiger partial charge is 0.231 e. The maximum atomic E-state index is 10.9. The fraction of sp³-hybridized carbons (Fsp3) is 0.714. The van der Waals surface area contributed by atoms with E-state index < -0.39 is 11.3 Å². The third-order valence-corrected chi connectivity index (χ3v) is 2.35. The van der Waals surface area contributed by atoms with E-state index in [1.807, 2.05) is 0 Å². The van der Waals surface area contributed by atoms with Crippen LogP contribution in [0.5, 0.6) is 0 Å². The number of hydrogen-bond donors (Lipinski definition) is 1. The van der Waals surface area contributed by atoms with Gasteiger partial charge in [-0.1, -0.05) is 6.42 Å². The Bertz CT molecular complexity index is 166. The predicted octanol–water partition coefficient (Wildman–Crippen LogP) is 0.231. The second-order valence-electron chi connectivity index (χ2n) is 2.86. The van der Waals surface area contributed by atoms with Gasteiger partial charge in [-0.05, 0) is 19.8 Å². The molecule has 0 unspecified atom stereocenters. The average molecular weight is 141 g/mol. The molecule has 2 N–H and O–H groups in total. The Morgan fingerprint density at radius 3 is 1.90 bits per heavy atom. The third-order valence-electron chi connectivity index (χ3n) is 2.35. The lowest BCUT2D eigenvalue weighted by Crippen LogP contribution is -2.47. The highest BCUT2D eigenvalue weighted by Gasteiger charge is 2.46. The zero-order valence-electron chi connectivity index (χ0n) is 6.02. The van der Waals surface area contributed by atoms with Crippen molar-refractivity contribution in [3.8, 4) is 0 Å². The van der Waals surface area contributed by atoms with Crippen LogP contribution in [0.1, 0.15) is 26.2 Å². The first-order valence-corrected chi connectivity index (χ1v) is 3.40. The summed E-state index contributed by atoms with van der Waals surface area (Å²) in [7, 11) is 0. The van der Waals surface area contributed by atoms with E-state index in [4.69, 9.17) is 5.73 Å². The van der Waals surface area contributed by atoms with E-state index in [1.165, 1.54) is 6.92 Å². The third kappa shape index (κ3) is 0.735. The van der Waals surface area contributed by atoms with E-state index in [0.717, 1.165) is 6.42 Å². The summed E-state index contributed by atoms with van der Waals surface area (Å²) in [6.45, 7) is 1.43. The second-order valence-corrected chi connectivity index (χ2v) is 2.86. The summed E-state index contributed by atoms with van der Waals surface area (Å²) < 4.78 is 0. The van der Waals surface area contributed by atoms with Crippen LogP contribution in [0.3, 0.4) is 0 Å². The molecule has 0 aromatic rings. The second kappa shape index (κ2) is 2.08. The van der Waals surface area contributed by atoms with Crippen molar-refractivity contribution in [3.05, 3.63) is 0 Å². The first kappa shape index (κ1) is 7.25. The van der Waals surface area contributed by atoms with Gasteiger partial charge < -0.3 is 5.73 Å². The van der Waals surface area contributed by atoms with Gasteiger partial charge in [-0.15, -0.1) is 0 Å². The Labute approximate surface area is 59.6 Å². The van der Waals surface area contributed by atoms with E-state index in [2.05, 4.69) is 0 Å². The van der Waals surface area contributed by atoms with Crippen LogP contribution in [0, 0.1) is 5.41 Å². The molecule has 1 aliphatic carbocycles. The first-order chi connectivity index (χ1) is 4.59. The summed E-state index contributed by atoms with van der Waals surface area (Å²) in [5.74, 6) is -0.530. The number of carbonyl (C=O) groups is 2. The summed E-state index contributed by atoms with van der Waals surface area (Å²) in [4.78, 5) is 21.6. The molecule has 1 amide bonds. The van der Waals surface area contributed by atoms with E-state index in [9.17, 15) is 9.59 Å². The molecule has 0 aromatic heterocycles. The zero-order valence-corrected chi connectivity index (χ0v) is 6.02. The van der Waals surface area contributed by atoms with Crippen LogP contribution in [-0.2, 0) is 9.59 Å². The van der Waals surface area contributed by atoms with Gasteiger partial charge in [0.25, 0.3) is 0 Å². The molecule has 0 aliphatic heterocycles. The van der Waals surface area contributed by atoms with E-state index >= 15 is 0 Å². The average Bonchev–Trinajstić information content (AvgIpc) is 1.57. The topological polar surface area (TPSA) is 60.2 Å². The van der Waals surface area contributed by atoms with E-state index in [1.54, 1.807) is 0 Å². The van der Waals surface area contributed by atoms with Gasteiger partial charge in [0.05, 0.1) is 0 Å². The Morgan fingerprint density at radius 1 is 1.40 bits per heavy atom. The summed E-state index contributed by atoms with van der Waals surface area (Å²) in [5.41, 5.74) is 4.30. The van der Waals surface area contributed by atoms with E-state index in [-0.39, 0.29) is 5.78 Å². The van der Waals surface area contributed by atoms with Crippen LogP contribution in [0.25, 0.3) is 0 Å². The van der Waals surface area contributed by atoms with Crippen LogP contribution in [0.15, 0.2) is 0 Å². The lowest BCUT2D eigenvalue weighted by Gasteiger charge is -2.35. The van der Waals surface area contributed by atoms with Gasteiger partial charge in [0, 0.05) is 0 Å². The van der Waals surface area contributed by atoms with Crippen molar-refractivity contribution >= 4 is 11.7 Å². The number of carbonyl (C=O) groups excluding carboxylic acids is 2. The van der Waals surface area contributed by atoms with E-state index in [0.29, 0.717) is 12.8 Å². The van der Waals surface area contributed by atoms with Crippen LogP contribution in [-0.4, -0.2) is 11.7 Å². The Hall–Kier alpha value is -0.860. The molecule has 0 spiro atoms. The van der Waals surface area contributed by atoms with Gasteiger partial charge in [0.1, 0.15) is 11.2 Å². The lowest BCUT2D eigenvalue weighted by molar-refractivity contribution is -0.144. The number of primary amides is 1. The van der Waals surface area contributed by atoms with Crippen molar-refractivity contribution in [2.45, 2.75) is 26.2 Å². The van der Waals surface area contributed by atoms with Gasteiger partial charge in [0.2, 0.25) is 5.91 Å². The minimum absolute atomic E-state index is 0.0775. The minimum atomic E-state index is -0.778. The van der Waals surface area contributed by atoms with Gasteiger partial charge in [-0.2, -0.15) is 0 Å². The molecule has 0 bridgehead atoms. The van der Waals surface area contributed by atoms with Gasteiger partial charge in [-0.3, -0.25) is 9.59 Å². The molecule has 1 fully saturated rings. The van der Waals surface area contributed by atoms with Crippen molar-refractivity contribution in [1.29, 1.82) is 0 Å². The summed E-state index contributed by atoms with van der Waals surface area (Å²) in [6.07, 6.45) is 2.25. The van der Waals surface area contributed by atoms with Gasteiger partial charge in [0.15, 0.2) is 0 Å². The van der Waals surface area contributed by atoms with Crippen LogP contribution in [0.4, 0.5) is 0 Å². The number of rotatable bonds is 2. The number of amides is 1. The molecular weight excluding hydrogens is 130 g/mol. The Morgan fingerprint density at radius 2 is 1.90 bits per heavy atom. The summed E-state index contributed by atoms with van der Waals surface area (Å²) in [5, 5.41) is 0. The maximum absolute atomic E-state index is 10.9. The standard InChI is InChI=1S/C7H11NO2/c1-5(9)7(6(8)10)3-2-4-7/h2-4H2,1H3,(H2,8,10). The number of Topliss-reactive ketones (excluding diaryl/α,β-unsaturated/α-hetero) is 1. The largest absolute Gasteiger partial charge is 0.369 e. The normalized spacial score (nSPS) is 21.3. The molecule has 10 heavy (non-hydrogen) atoms. The van der Waals surface area contributed by atoms with Crippen molar-refractivity contribution in [2.24, 2.45) is 11.1 Å². The predicted molar refractivity (Wildman–Crippen MR) is 36.2 cm³/mol. The molecule has 0 atom stereocenters. The maximum Gasteiger partial charge on any atom is 0.231 e. The molecule has 0 aromatic carbocycles. The van der Waals surface area contributed by atoms with Crippen molar-refractivity contribution < 1.29 is 9.59 Å². The van der Waals surface area contributed by atoms with Crippen LogP contribution >= 0.6 is 0 Å². The molecular formula is C7H11NO2. The highest BCUT2D eigenvalue weighted by atomic mass is 16.2. The van der Waals surface area contributed by atoms with Crippen molar-refractivity contribution in [1.82, 2.24) is 0 Å². The quantitative estimate of drug-likeness (QED) is 0.559. The SMILES string of the molecule is CC(=O)C1(C(N)=O)CCC1. The Balaban J connectivity index is 2.78. The lowest BCUT2D eigenvalue weighted by atomic mass is 9.66. The number of ketones is 1. The molecule has 1 saturated carbocycles. The summed E-state index contributed by atoms with van der Waals surface area (Å²) in [6, 6.07) is 0. The highest BCUT2D eigenvalue weighted by Crippen LogP contribution is 2.41. The molecule has 0 saturated heterocycles. The fourth-order valence-electron chi connectivity index (χ4n) is 1.30. The number of hydrogen-bond acceptors (Lipinski definition) is 2. The fourth-order valence-corrected chi connectivity index (χ4v) is 1.30. The van der Waals surface area contributed by atoms with Gasteiger partial charge >= 0.3 is 0 Å². The summed E-state index contributed by atoms with van der Waals surface area (Å²) >= 11 is 0. The molecule has 1 rings (SSSR count). The van der Waals surface area contributed by atoms with Crippen LogP contribution in [0.2, 0.25) is 0 Å². The molecule has 0 radical (unpaired) electrons. The van der Waals surface area contributed by atoms with Gasteiger partial charge in [-0.25, -0.2) is 0 Å². The zero-order chi connectivity index (χ0) is 7.78. The molecule has 3 nitrogen and oxygen atoms in total. The van der Waals surface area contributed by atoms with Crippen molar-refractivity contribution in [3.63, 3.8) is 0 Å².